The van der Waals surface area contributed by atoms with Crippen molar-refractivity contribution in [3.63, 3.8) is 0 Å². The highest BCUT2D eigenvalue weighted by molar-refractivity contribution is 6.68. The quantitative estimate of drug-likeness (QED) is 0.427. The summed E-state index contributed by atoms with van der Waals surface area (Å²) in [7, 11) is 0. The van der Waals surface area contributed by atoms with Crippen molar-refractivity contribution in [2.45, 2.75) is 11.9 Å². The average molecular weight is 207 g/mol. The van der Waals surface area contributed by atoms with Crippen LogP contribution in [-0.4, -0.2) is 17.3 Å². The van der Waals surface area contributed by atoms with Crippen molar-refractivity contribution in [3.05, 3.63) is 17.0 Å². The van der Waals surface area contributed by atoms with Crippen molar-refractivity contribution in [2.75, 3.05) is 6.67 Å². The van der Waals surface area contributed by atoms with Crippen molar-refractivity contribution >= 4 is 28.4 Å². The molecule has 66 valence electrons. The molecule has 0 bridgehead atoms. The van der Waals surface area contributed by atoms with Crippen molar-refractivity contribution in [1.82, 2.24) is 0 Å². The maximum absolute atomic E-state index is 5.59. The lowest BCUT2D eigenvalue weighted by Gasteiger charge is -1.86. The van der Waals surface area contributed by atoms with Crippen molar-refractivity contribution in [1.29, 1.82) is 0 Å². The van der Waals surface area contributed by atoms with Crippen LogP contribution in [0.1, 0.15) is 6.42 Å². The number of alkyl halides is 1. The molecule has 0 aromatic heterocycles. The zero-order valence-electron chi connectivity index (χ0n) is 6.45. The van der Waals surface area contributed by atoms with Crippen molar-refractivity contribution < 1.29 is 0 Å². The fourth-order valence-corrected chi connectivity index (χ4v) is 0.739. The molecule has 5 heteroatoms. The fraction of sp³-hybridized carbons (Fsp3) is 0.429. The summed E-state index contributed by atoms with van der Waals surface area (Å²) in [5, 5.41) is 0.346. The summed E-state index contributed by atoms with van der Waals surface area (Å²) in [6.07, 6.45) is 3.86. The maximum atomic E-state index is 5.59. The van der Waals surface area contributed by atoms with E-state index in [0.29, 0.717) is 11.6 Å². The van der Waals surface area contributed by atoms with E-state index in [4.69, 9.17) is 35.5 Å². The molecule has 2 N–H and O–H groups in total. The molecular formula is C7H10Cl2N3+. The molecule has 0 spiro atoms. The van der Waals surface area contributed by atoms with Gasteiger partial charge in [-0.1, -0.05) is 22.5 Å². The SMILES string of the molecule is C#[N+]C(Cl)C/C=C\C(Cl)=NCN. The standard InChI is InChI=1S/C7H10Cl2N3/c1-11-6(8)3-2-4-7(9)12-5-10/h1-2,4,6H,3,5,10H2/q+1/b4-2-,12-7?. The summed E-state index contributed by atoms with van der Waals surface area (Å²) in [6.45, 7) is 5.10. The van der Waals surface area contributed by atoms with Gasteiger partial charge in [-0.05, 0) is 17.7 Å². The van der Waals surface area contributed by atoms with E-state index in [1.165, 1.54) is 0 Å². The van der Waals surface area contributed by atoms with E-state index in [1.807, 2.05) is 0 Å². The van der Waals surface area contributed by atoms with Gasteiger partial charge in [-0.25, -0.2) is 0 Å². The summed E-state index contributed by atoms with van der Waals surface area (Å²) in [5.41, 5.74) is 4.70. The third kappa shape index (κ3) is 6.17. The van der Waals surface area contributed by atoms with Gasteiger partial charge in [0.25, 0.3) is 6.57 Å². The zero-order valence-corrected chi connectivity index (χ0v) is 7.96. The van der Waals surface area contributed by atoms with Gasteiger partial charge in [0, 0.05) is 0 Å². The molecule has 0 fully saturated rings. The second-order valence-electron chi connectivity index (χ2n) is 1.89. The van der Waals surface area contributed by atoms with Crippen LogP contribution in [-0.2, 0) is 0 Å². The number of aliphatic imine (C=N–C) groups is 1. The van der Waals surface area contributed by atoms with Crippen LogP contribution in [0.5, 0.6) is 0 Å². The van der Waals surface area contributed by atoms with Crippen LogP contribution in [0.2, 0.25) is 0 Å². The Hall–Kier alpha value is -0.560. The van der Waals surface area contributed by atoms with Crippen LogP contribution in [0.15, 0.2) is 17.1 Å². The largest absolute Gasteiger partial charge is 0.348 e. The molecule has 0 aromatic carbocycles. The molecule has 3 nitrogen and oxygen atoms in total. The number of rotatable bonds is 4. The number of nitrogens with zero attached hydrogens (tertiary/aromatic N) is 2. The van der Waals surface area contributed by atoms with Gasteiger partial charge in [-0.3, -0.25) is 4.99 Å². The molecule has 0 aliphatic rings. The Morgan fingerprint density at radius 1 is 1.75 bits per heavy atom. The number of hydrogen-bond donors (Lipinski definition) is 1. The minimum absolute atomic E-state index is 0.175. The molecule has 0 heterocycles. The molecule has 1 atom stereocenters. The van der Waals surface area contributed by atoms with E-state index in [-0.39, 0.29) is 6.67 Å². The number of allylic oxidation sites excluding steroid dienone is 1. The summed E-state index contributed by atoms with van der Waals surface area (Å²) in [5.74, 6) is 0. The highest BCUT2D eigenvalue weighted by atomic mass is 35.5. The first-order valence-corrected chi connectivity index (χ1v) is 4.12. The number of hydrogen-bond acceptors (Lipinski definition) is 2. The van der Waals surface area contributed by atoms with Crippen LogP contribution in [0.3, 0.4) is 0 Å². The molecular weight excluding hydrogens is 197 g/mol. The normalized spacial score (nSPS) is 14.7. The highest BCUT2D eigenvalue weighted by Crippen LogP contribution is 2.04. The highest BCUT2D eigenvalue weighted by Gasteiger charge is 2.06. The minimum Gasteiger partial charge on any atom is -0.312 e. The Morgan fingerprint density at radius 3 is 2.92 bits per heavy atom. The van der Waals surface area contributed by atoms with Gasteiger partial charge in [-0.2, -0.15) is 0 Å². The van der Waals surface area contributed by atoms with E-state index in [1.54, 1.807) is 12.2 Å². The molecule has 0 saturated carbocycles. The minimum atomic E-state index is -0.413. The summed E-state index contributed by atoms with van der Waals surface area (Å²) >= 11 is 11.2. The van der Waals surface area contributed by atoms with Crippen LogP contribution in [0.25, 0.3) is 4.85 Å². The molecule has 0 aromatic rings. The summed E-state index contributed by atoms with van der Waals surface area (Å²) in [4.78, 5) is 7.05. The Labute approximate surface area is 81.7 Å². The topological polar surface area (TPSA) is 42.7 Å². The first-order chi connectivity index (χ1) is 5.70. The molecule has 0 rings (SSSR count). The molecule has 0 aliphatic carbocycles. The van der Waals surface area contributed by atoms with Crippen LogP contribution in [0, 0.1) is 6.57 Å². The maximum Gasteiger partial charge on any atom is 0.348 e. The van der Waals surface area contributed by atoms with Crippen LogP contribution >= 0.6 is 23.2 Å². The average Bonchev–Trinajstić information content (AvgIpc) is 2.04. The van der Waals surface area contributed by atoms with E-state index in [0.717, 1.165) is 0 Å². The van der Waals surface area contributed by atoms with Crippen molar-refractivity contribution in [2.24, 2.45) is 10.7 Å². The van der Waals surface area contributed by atoms with Gasteiger partial charge >= 0.3 is 5.50 Å². The monoisotopic (exact) mass is 206 g/mol. The van der Waals surface area contributed by atoms with Gasteiger partial charge < -0.3 is 5.73 Å². The lowest BCUT2D eigenvalue weighted by Crippen LogP contribution is -1.96. The predicted octanol–water partition coefficient (Wildman–Crippen LogP) is 2.01. The first kappa shape index (κ1) is 11.4. The van der Waals surface area contributed by atoms with Gasteiger partial charge in [0.05, 0.1) is 13.1 Å². The number of nitrogens with two attached hydrogens (primary N) is 1. The smallest absolute Gasteiger partial charge is 0.312 e. The Balaban J connectivity index is 3.78. The molecule has 12 heavy (non-hydrogen) atoms. The van der Waals surface area contributed by atoms with E-state index < -0.39 is 5.50 Å². The van der Waals surface area contributed by atoms with Gasteiger partial charge in [0.15, 0.2) is 0 Å². The summed E-state index contributed by atoms with van der Waals surface area (Å²) in [6, 6.07) is 0. The first-order valence-electron chi connectivity index (χ1n) is 3.31. The van der Waals surface area contributed by atoms with Crippen molar-refractivity contribution in [3.8, 4) is 6.57 Å². The van der Waals surface area contributed by atoms with E-state index >= 15 is 0 Å². The Kier molecular flexibility index (Phi) is 6.78. The van der Waals surface area contributed by atoms with Gasteiger partial charge in [0.1, 0.15) is 5.17 Å². The lowest BCUT2D eigenvalue weighted by atomic mass is 10.4. The molecule has 0 amide bonds. The Morgan fingerprint density at radius 2 is 2.42 bits per heavy atom. The van der Waals surface area contributed by atoms with E-state index in [9.17, 15) is 0 Å². The summed E-state index contributed by atoms with van der Waals surface area (Å²) < 4.78 is 0. The third-order valence-corrected chi connectivity index (χ3v) is 1.53. The van der Waals surface area contributed by atoms with E-state index in [2.05, 4.69) is 9.84 Å². The van der Waals surface area contributed by atoms with Gasteiger partial charge in [-0.15, -0.1) is 0 Å². The molecule has 0 radical (unpaired) electrons. The molecule has 0 aliphatic heterocycles. The molecule has 1 unspecified atom stereocenters. The molecule has 0 saturated heterocycles. The number of halogens is 2. The van der Waals surface area contributed by atoms with Gasteiger partial charge in [0.2, 0.25) is 0 Å². The van der Waals surface area contributed by atoms with Crippen LogP contribution in [0.4, 0.5) is 0 Å². The third-order valence-electron chi connectivity index (χ3n) is 0.990. The van der Waals surface area contributed by atoms with Crippen LogP contribution < -0.4 is 5.73 Å². The second-order valence-corrected chi connectivity index (χ2v) is 2.78. The zero-order chi connectivity index (χ0) is 9.40. The second kappa shape index (κ2) is 7.11. The predicted molar refractivity (Wildman–Crippen MR) is 54.0 cm³/mol. The Bertz CT molecular complexity index is 217. The lowest BCUT2D eigenvalue weighted by molar-refractivity contribution is 1.06. The fourth-order valence-electron chi connectivity index (χ4n) is 0.478.